The summed E-state index contributed by atoms with van der Waals surface area (Å²) < 4.78 is 5.17. The van der Waals surface area contributed by atoms with Crippen LogP contribution in [-0.2, 0) is 6.54 Å². The molecule has 19 heavy (non-hydrogen) atoms. The van der Waals surface area contributed by atoms with Gasteiger partial charge in [0.25, 0.3) is 0 Å². The molecule has 0 aromatic carbocycles. The van der Waals surface area contributed by atoms with E-state index in [0.29, 0.717) is 18.4 Å². The molecular formula is C16H30N2O. The summed E-state index contributed by atoms with van der Waals surface area (Å²) in [5, 5.41) is 0. The number of rotatable bonds is 8. The molecule has 0 unspecified atom stereocenters. The van der Waals surface area contributed by atoms with Crippen molar-refractivity contribution in [2.45, 2.75) is 52.6 Å². The fraction of sp³-hybridized carbons (Fsp3) is 0.750. The molecule has 0 bridgehead atoms. The van der Waals surface area contributed by atoms with E-state index in [0.717, 1.165) is 19.4 Å². The minimum absolute atomic E-state index is 0.0829. The SMILES string of the molecule is CC(C)CC(CN)(CC(C)C)N(C)Cc1ccoc1. The second-order valence-corrected chi connectivity index (χ2v) is 6.61. The molecule has 0 saturated carbocycles. The standard InChI is InChI=1S/C16H30N2O/c1-13(2)8-16(12-17,9-14(3)4)18(5)10-15-6-7-19-11-15/h6-7,11,13-14H,8-10,12,17H2,1-5H3. The number of furan rings is 1. The average Bonchev–Trinajstić information content (AvgIpc) is 2.79. The van der Waals surface area contributed by atoms with E-state index in [9.17, 15) is 0 Å². The van der Waals surface area contributed by atoms with Crippen LogP contribution in [0.4, 0.5) is 0 Å². The Morgan fingerprint density at radius 1 is 1.21 bits per heavy atom. The van der Waals surface area contributed by atoms with Gasteiger partial charge in [0.15, 0.2) is 0 Å². The lowest BCUT2D eigenvalue weighted by molar-refractivity contribution is 0.0712. The molecule has 1 heterocycles. The quantitative estimate of drug-likeness (QED) is 0.783. The van der Waals surface area contributed by atoms with Crippen LogP contribution in [0.2, 0.25) is 0 Å². The van der Waals surface area contributed by atoms with Crippen molar-refractivity contribution >= 4 is 0 Å². The predicted molar refractivity (Wildman–Crippen MR) is 80.9 cm³/mol. The van der Waals surface area contributed by atoms with E-state index < -0.39 is 0 Å². The zero-order chi connectivity index (χ0) is 14.5. The first kappa shape index (κ1) is 16.3. The van der Waals surface area contributed by atoms with Crippen molar-refractivity contribution < 1.29 is 4.42 Å². The van der Waals surface area contributed by atoms with Gasteiger partial charge in [0, 0.05) is 24.2 Å². The first-order chi connectivity index (χ1) is 8.89. The molecule has 0 aliphatic carbocycles. The number of nitrogens with two attached hydrogens (primary N) is 1. The number of hydrogen-bond donors (Lipinski definition) is 1. The average molecular weight is 266 g/mol. The molecule has 110 valence electrons. The number of nitrogens with zero attached hydrogens (tertiary/aromatic N) is 1. The Bertz CT molecular complexity index is 334. The number of hydrogen-bond acceptors (Lipinski definition) is 3. The normalized spacial score (nSPS) is 12.9. The summed E-state index contributed by atoms with van der Waals surface area (Å²) in [6.07, 6.45) is 5.83. The lowest BCUT2D eigenvalue weighted by Crippen LogP contribution is -2.53. The summed E-state index contributed by atoms with van der Waals surface area (Å²) in [6.45, 7) is 10.7. The summed E-state index contributed by atoms with van der Waals surface area (Å²) in [5.41, 5.74) is 7.47. The Balaban J connectivity index is 2.86. The van der Waals surface area contributed by atoms with Crippen molar-refractivity contribution in [3.05, 3.63) is 24.2 Å². The fourth-order valence-electron chi connectivity index (χ4n) is 3.06. The van der Waals surface area contributed by atoms with Crippen molar-refractivity contribution in [1.29, 1.82) is 0 Å². The van der Waals surface area contributed by atoms with E-state index in [-0.39, 0.29) is 5.54 Å². The van der Waals surface area contributed by atoms with Crippen molar-refractivity contribution in [3.8, 4) is 0 Å². The van der Waals surface area contributed by atoms with E-state index in [1.165, 1.54) is 5.56 Å². The Hall–Kier alpha value is -0.800. The monoisotopic (exact) mass is 266 g/mol. The van der Waals surface area contributed by atoms with Gasteiger partial charge in [-0.25, -0.2) is 0 Å². The van der Waals surface area contributed by atoms with Gasteiger partial charge < -0.3 is 10.2 Å². The van der Waals surface area contributed by atoms with Crippen LogP contribution in [0, 0.1) is 11.8 Å². The van der Waals surface area contributed by atoms with E-state index >= 15 is 0 Å². The second kappa shape index (κ2) is 7.11. The molecule has 0 radical (unpaired) electrons. The van der Waals surface area contributed by atoms with Gasteiger partial charge in [-0.15, -0.1) is 0 Å². The zero-order valence-electron chi connectivity index (χ0n) is 13.1. The lowest BCUT2D eigenvalue weighted by Gasteiger charge is -2.44. The molecule has 3 nitrogen and oxygen atoms in total. The summed E-state index contributed by atoms with van der Waals surface area (Å²) in [4.78, 5) is 2.41. The molecule has 1 aromatic rings. The maximum absolute atomic E-state index is 6.17. The highest BCUT2D eigenvalue weighted by Crippen LogP contribution is 2.30. The van der Waals surface area contributed by atoms with Crippen molar-refractivity contribution in [2.75, 3.05) is 13.6 Å². The van der Waals surface area contributed by atoms with Crippen LogP contribution < -0.4 is 5.73 Å². The van der Waals surface area contributed by atoms with Crippen LogP contribution in [0.3, 0.4) is 0 Å². The molecule has 0 amide bonds. The number of likely N-dealkylation sites (N-methyl/N-ethyl adjacent to an activating group) is 1. The predicted octanol–water partition coefficient (Wildman–Crippen LogP) is 3.50. The highest BCUT2D eigenvalue weighted by atomic mass is 16.3. The van der Waals surface area contributed by atoms with Crippen molar-refractivity contribution in [3.63, 3.8) is 0 Å². The smallest absolute Gasteiger partial charge is 0.0947 e. The second-order valence-electron chi connectivity index (χ2n) is 6.61. The summed E-state index contributed by atoms with van der Waals surface area (Å²) >= 11 is 0. The van der Waals surface area contributed by atoms with Gasteiger partial charge in [-0.1, -0.05) is 27.7 Å². The third kappa shape index (κ3) is 4.66. The van der Waals surface area contributed by atoms with Crippen LogP contribution in [0.5, 0.6) is 0 Å². The Morgan fingerprint density at radius 2 is 1.79 bits per heavy atom. The third-order valence-corrected chi connectivity index (χ3v) is 3.77. The first-order valence-electron chi connectivity index (χ1n) is 7.32. The summed E-state index contributed by atoms with van der Waals surface area (Å²) in [7, 11) is 2.19. The van der Waals surface area contributed by atoms with Crippen LogP contribution in [0.25, 0.3) is 0 Å². The van der Waals surface area contributed by atoms with E-state index in [2.05, 4.69) is 39.6 Å². The lowest BCUT2D eigenvalue weighted by atomic mass is 9.80. The largest absolute Gasteiger partial charge is 0.472 e. The highest BCUT2D eigenvalue weighted by molar-refractivity contribution is 5.06. The third-order valence-electron chi connectivity index (χ3n) is 3.77. The minimum atomic E-state index is 0.0829. The van der Waals surface area contributed by atoms with Gasteiger partial charge in [0.2, 0.25) is 0 Å². The molecule has 0 atom stereocenters. The van der Waals surface area contributed by atoms with E-state index in [4.69, 9.17) is 10.2 Å². The molecule has 2 N–H and O–H groups in total. The van der Waals surface area contributed by atoms with Crippen LogP contribution in [0.1, 0.15) is 46.1 Å². The Morgan fingerprint density at radius 3 is 2.16 bits per heavy atom. The molecule has 0 aliphatic heterocycles. The highest BCUT2D eigenvalue weighted by Gasteiger charge is 2.34. The van der Waals surface area contributed by atoms with Gasteiger partial charge in [-0.3, -0.25) is 4.90 Å². The first-order valence-corrected chi connectivity index (χ1v) is 7.32. The molecule has 0 saturated heterocycles. The Kier molecular flexibility index (Phi) is 6.08. The summed E-state index contributed by atoms with van der Waals surface area (Å²) in [6, 6.07) is 2.03. The molecule has 3 heteroatoms. The molecule has 1 rings (SSSR count). The summed E-state index contributed by atoms with van der Waals surface area (Å²) in [5.74, 6) is 1.29. The molecule has 0 fully saturated rings. The van der Waals surface area contributed by atoms with Crippen molar-refractivity contribution in [2.24, 2.45) is 17.6 Å². The van der Waals surface area contributed by atoms with Gasteiger partial charge in [0.1, 0.15) is 0 Å². The van der Waals surface area contributed by atoms with Crippen LogP contribution in [-0.4, -0.2) is 24.0 Å². The van der Waals surface area contributed by atoms with Gasteiger partial charge >= 0.3 is 0 Å². The molecular weight excluding hydrogens is 236 g/mol. The van der Waals surface area contributed by atoms with E-state index in [1.807, 2.05) is 12.3 Å². The molecule has 0 spiro atoms. The maximum atomic E-state index is 6.17. The van der Waals surface area contributed by atoms with Crippen LogP contribution >= 0.6 is 0 Å². The fourth-order valence-corrected chi connectivity index (χ4v) is 3.06. The molecule has 0 aliphatic rings. The Labute approximate surface area is 118 Å². The van der Waals surface area contributed by atoms with E-state index in [1.54, 1.807) is 6.26 Å². The minimum Gasteiger partial charge on any atom is -0.472 e. The topological polar surface area (TPSA) is 42.4 Å². The maximum Gasteiger partial charge on any atom is 0.0947 e. The van der Waals surface area contributed by atoms with Gasteiger partial charge in [0.05, 0.1) is 12.5 Å². The zero-order valence-corrected chi connectivity index (χ0v) is 13.1. The van der Waals surface area contributed by atoms with Gasteiger partial charge in [-0.05, 0) is 37.8 Å². The van der Waals surface area contributed by atoms with Crippen LogP contribution in [0.15, 0.2) is 23.0 Å². The van der Waals surface area contributed by atoms with Gasteiger partial charge in [-0.2, -0.15) is 0 Å². The molecule has 1 aromatic heterocycles. The van der Waals surface area contributed by atoms with Crippen molar-refractivity contribution in [1.82, 2.24) is 4.90 Å².